The Morgan fingerprint density at radius 3 is 0.983 bits per heavy atom. The van der Waals surface area contributed by atoms with Crippen molar-refractivity contribution in [2.75, 3.05) is 10.2 Å². The SMILES string of the molecule is Brc1cccc(-c2cccc(-c3nc(-c4ccccc4)nc(-c4ccccc4)n3)c2)c1.c1ccc(-c2nc(-c3ccccc3)nc(-c3cccc(-c4cccc(N5c6ccccc6-c6c(n(-c7ccccc7)c7ccccc67)-c6ccccc65)c4)c3)n2)cc1.c1ccc(-n2c3c(c4ccccc42)-c2ccccc2Nc2ccccc2-3)cc1. The second-order valence-corrected chi connectivity index (χ2v) is 29.6. The number of hydrogen-bond donors (Lipinski definition) is 1. The molecule has 16 aromatic carbocycles. The largest absolute Gasteiger partial charge is 0.354 e. The van der Waals surface area contributed by atoms with E-state index in [-0.39, 0.29) is 0 Å². The summed E-state index contributed by atoms with van der Waals surface area (Å²) in [7, 11) is 0. The Kier molecular flexibility index (Phi) is 19.0. The zero-order valence-electron chi connectivity index (χ0n) is 63.3. The molecular weight excluding hydrogens is 1490 g/mol. The van der Waals surface area contributed by atoms with Crippen LogP contribution in [0, 0.1) is 0 Å². The number of aromatic nitrogens is 8. The predicted octanol–water partition coefficient (Wildman–Crippen LogP) is 27.9. The fraction of sp³-hybridized carbons (Fsp3) is 0. The third kappa shape index (κ3) is 13.8. The number of nitrogens with zero attached hydrogens (tertiary/aromatic N) is 9. The van der Waals surface area contributed by atoms with Crippen LogP contribution in [-0.4, -0.2) is 39.0 Å². The summed E-state index contributed by atoms with van der Waals surface area (Å²) in [4.78, 5) is 31.8. The van der Waals surface area contributed by atoms with Gasteiger partial charge in [-0.25, -0.2) is 29.9 Å². The lowest BCUT2D eigenvalue weighted by molar-refractivity contribution is 1.07. The lowest BCUT2D eigenvalue weighted by atomic mass is 9.98. The zero-order chi connectivity index (χ0) is 78.0. The van der Waals surface area contributed by atoms with Crippen LogP contribution in [-0.2, 0) is 0 Å². The van der Waals surface area contributed by atoms with Gasteiger partial charge in [0.1, 0.15) is 0 Å². The molecule has 0 aliphatic carbocycles. The number of para-hydroxylation sites is 8. The molecule has 0 saturated heterocycles. The number of hydrogen-bond acceptors (Lipinski definition) is 8. The summed E-state index contributed by atoms with van der Waals surface area (Å²) in [6.45, 7) is 0. The molecule has 2 aliphatic heterocycles. The molecule has 20 aromatic rings. The van der Waals surface area contributed by atoms with Gasteiger partial charge in [0.15, 0.2) is 34.9 Å². The Hall–Kier alpha value is -15.3. The third-order valence-electron chi connectivity index (χ3n) is 21.5. The zero-order valence-corrected chi connectivity index (χ0v) is 64.9. The van der Waals surface area contributed by atoms with Gasteiger partial charge >= 0.3 is 0 Å². The van der Waals surface area contributed by atoms with Gasteiger partial charge in [-0.3, -0.25) is 0 Å². The lowest BCUT2D eigenvalue weighted by Gasteiger charge is -2.28. The van der Waals surface area contributed by atoms with Gasteiger partial charge in [-0.15, -0.1) is 0 Å². The van der Waals surface area contributed by atoms with Crippen LogP contribution in [0.4, 0.5) is 28.4 Å². The molecule has 0 atom stereocenters. The molecule has 10 nitrogen and oxygen atoms in total. The third-order valence-corrected chi connectivity index (χ3v) is 22.0. The highest BCUT2D eigenvalue weighted by Gasteiger charge is 2.32. The molecule has 1 N–H and O–H groups in total. The molecule has 0 bridgehead atoms. The van der Waals surface area contributed by atoms with Crippen LogP contribution >= 0.6 is 15.9 Å². The quantitative estimate of drug-likeness (QED) is 0.137. The Balaban J connectivity index is 0.000000125. The van der Waals surface area contributed by atoms with Crippen molar-refractivity contribution in [2.45, 2.75) is 0 Å². The number of rotatable bonds is 11. The van der Waals surface area contributed by atoms with E-state index >= 15 is 0 Å². The number of halogens is 1. The fourth-order valence-corrected chi connectivity index (χ4v) is 16.6. The first kappa shape index (κ1) is 70.8. The maximum Gasteiger partial charge on any atom is 0.164 e. The van der Waals surface area contributed by atoms with Gasteiger partial charge in [-0.1, -0.05) is 344 Å². The van der Waals surface area contributed by atoms with E-state index in [2.05, 4.69) is 314 Å². The van der Waals surface area contributed by atoms with E-state index < -0.39 is 0 Å². The minimum Gasteiger partial charge on any atom is -0.354 e. The van der Waals surface area contributed by atoms with Crippen molar-refractivity contribution in [1.29, 1.82) is 0 Å². The normalized spacial score (nSPS) is 11.5. The molecule has 0 saturated carbocycles. The first-order chi connectivity index (χ1) is 58.0. The van der Waals surface area contributed by atoms with Crippen LogP contribution in [0.15, 0.2) is 429 Å². The van der Waals surface area contributed by atoms with Crippen molar-refractivity contribution in [3.8, 4) is 147 Å². The average molecular weight is 1560 g/mol. The van der Waals surface area contributed by atoms with Gasteiger partial charge in [-0.05, 0) is 119 Å². The van der Waals surface area contributed by atoms with Crippen molar-refractivity contribution in [2.24, 2.45) is 0 Å². The fourth-order valence-electron chi connectivity index (χ4n) is 16.2. The van der Waals surface area contributed by atoms with E-state index in [1.807, 2.05) is 146 Å². The second-order valence-electron chi connectivity index (χ2n) is 28.7. The highest BCUT2D eigenvalue weighted by molar-refractivity contribution is 9.10. The summed E-state index contributed by atoms with van der Waals surface area (Å²) in [5, 5.41) is 6.16. The first-order valence-electron chi connectivity index (χ1n) is 39.1. The summed E-state index contributed by atoms with van der Waals surface area (Å²) in [5.41, 5.74) is 30.2. The van der Waals surface area contributed by atoms with Gasteiger partial charge in [0.25, 0.3) is 0 Å². The van der Waals surface area contributed by atoms with Gasteiger partial charge in [0.05, 0.1) is 33.8 Å². The van der Waals surface area contributed by atoms with Crippen LogP contribution in [0.25, 0.3) is 169 Å². The topological polar surface area (TPSA) is 102 Å². The molecule has 0 radical (unpaired) electrons. The molecule has 2 aliphatic rings. The Bertz CT molecular complexity index is 6940. The number of fused-ring (bicyclic) bond motifs is 14. The van der Waals surface area contributed by atoms with E-state index in [1.165, 1.54) is 72.3 Å². The van der Waals surface area contributed by atoms with E-state index in [1.54, 1.807) is 0 Å². The summed E-state index contributed by atoms with van der Waals surface area (Å²) in [6, 6.07) is 148. The molecule has 0 unspecified atom stereocenters. The van der Waals surface area contributed by atoms with Crippen LogP contribution in [0.1, 0.15) is 0 Å². The Labute approximate surface area is 686 Å². The van der Waals surface area contributed by atoms with Crippen LogP contribution in [0.5, 0.6) is 0 Å². The molecule has 6 heterocycles. The molecule has 552 valence electrons. The molecule has 117 heavy (non-hydrogen) atoms. The monoisotopic (exact) mass is 1560 g/mol. The van der Waals surface area contributed by atoms with Gasteiger partial charge in [-0.2, -0.15) is 0 Å². The van der Waals surface area contributed by atoms with Crippen LogP contribution in [0.3, 0.4) is 0 Å². The Morgan fingerprint density at radius 2 is 0.513 bits per heavy atom. The van der Waals surface area contributed by atoms with Crippen LogP contribution < -0.4 is 10.2 Å². The highest BCUT2D eigenvalue weighted by Crippen LogP contribution is 2.55. The van der Waals surface area contributed by atoms with Crippen LogP contribution in [0.2, 0.25) is 0 Å². The molecule has 4 aromatic heterocycles. The van der Waals surface area contributed by atoms with Gasteiger partial charge < -0.3 is 19.4 Å². The van der Waals surface area contributed by atoms with Crippen molar-refractivity contribution in [3.63, 3.8) is 0 Å². The Morgan fingerprint density at radius 1 is 0.214 bits per heavy atom. The molecular formula is C106H71BrN10. The summed E-state index contributed by atoms with van der Waals surface area (Å²) < 4.78 is 5.88. The van der Waals surface area contributed by atoms with E-state index in [0.29, 0.717) is 34.9 Å². The minimum atomic E-state index is 0.630. The predicted molar refractivity (Wildman–Crippen MR) is 484 cm³/mol. The lowest BCUT2D eigenvalue weighted by Crippen LogP contribution is -2.11. The molecule has 0 amide bonds. The number of nitrogens with one attached hydrogen (secondary N) is 1. The standard InChI is InChI=1S/C53H35N5.C27H18BrN3.C26H18N2/c1-4-18-36(19-5-1)51-54-52(37-20-6-2-7-21-37)56-53(55-51)40-24-16-22-38(34-40)39-23-17-27-42(35-39)57-46-31-13-10-28-43(46)49-44-29-11-14-32-47(44)58(41-25-8-3-9-26-41)50(49)45-30-12-15-33-48(45)57;28-24-16-8-14-22(18-24)21-13-7-15-23(17-21)27-30-25(19-9-3-1-4-10-19)29-26(31-27)20-11-5-2-6-12-20;1-2-10-18(11-3-1)28-24-17-9-6-14-21(24)25-19-12-4-7-15-22(19)27-23-16-8-5-13-20(23)26(25)28/h1-35H;1-18H;1-17,27H. The van der Waals surface area contributed by atoms with Crippen molar-refractivity contribution >= 4 is 66.2 Å². The minimum absolute atomic E-state index is 0.630. The van der Waals surface area contributed by atoms with E-state index in [4.69, 9.17) is 29.9 Å². The van der Waals surface area contributed by atoms with E-state index in [0.717, 1.165) is 94.2 Å². The van der Waals surface area contributed by atoms with Gasteiger partial charge in [0.2, 0.25) is 0 Å². The average Bonchev–Trinajstić information content (AvgIpc) is 1.59. The van der Waals surface area contributed by atoms with Crippen molar-refractivity contribution in [3.05, 3.63) is 429 Å². The highest BCUT2D eigenvalue weighted by atomic mass is 79.9. The maximum atomic E-state index is 5.02. The van der Waals surface area contributed by atoms with Crippen molar-refractivity contribution < 1.29 is 0 Å². The van der Waals surface area contributed by atoms with E-state index in [9.17, 15) is 0 Å². The smallest absolute Gasteiger partial charge is 0.164 e. The summed E-state index contributed by atoms with van der Waals surface area (Å²) in [6.07, 6.45) is 0. The van der Waals surface area contributed by atoms with Crippen molar-refractivity contribution in [1.82, 2.24) is 39.0 Å². The maximum absolute atomic E-state index is 5.02. The van der Waals surface area contributed by atoms with Gasteiger partial charge in [0, 0.05) is 110 Å². The molecule has 22 rings (SSSR count). The second kappa shape index (κ2) is 31.3. The summed E-state index contributed by atoms with van der Waals surface area (Å²) >= 11 is 3.56. The summed E-state index contributed by atoms with van der Waals surface area (Å²) in [5.74, 6) is 3.90. The molecule has 0 spiro atoms. The number of anilines is 5. The first-order valence-corrected chi connectivity index (χ1v) is 39.9. The number of benzene rings is 16. The molecule has 11 heteroatoms. The molecule has 0 fully saturated rings.